The fourth-order valence-electron chi connectivity index (χ4n) is 7.45. The van der Waals surface area contributed by atoms with Crippen LogP contribution in [-0.2, 0) is 0 Å². The van der Waals surface area contributed by atoms with Crippen molar-refractivity contribution in [1.29, 1.82) is 0 Å². The molecule has 1 nitrogen and oxygen atoms in total. The van der Waals surface area contributed by atoms with Crippen LogP contribution in [0.5, 0.6) is 0 Å². The number of thiophene rings is 2. The summed E-state index contributed by atoms with van der Waals surface area (Å²) in [7, 11) is 0. The summed E-state index contributed by atoms with van der Waals surface area (Å²) < 4.78 is 5.30. The molecule has 0 aliphatic carbocycles. The summed E-state index contributed by atoms with van der Waals surface area (Å²) in [6, 6.07) is 64.1. The molecule has 2 heterocycles. The van der Waals surface area contributed by atoms with Gasteiger partial charge in [-0.3, -0.25) is 0 Å². The third kappa shape index (κ3) is 4.58. The van der Waals surface area contributed by atoms with Crippen LogP contribution in [0.4, 0.5) is 17.1 Å². The molecule has 230 valence electrons. The van der Waals surface area contributed by atoms with E-state index in [1.807, 2.05) is 22.7 Å². The van der Waals surface area contributed by atoms with Gasteiger partial charge >= 0.3 is 0 Å². The van der Waals surface area contributed by atoms with Crippen LogP contribution < -0.4 is 4.90 Å². The molecule has 0 aliphatic rings. The van der Waals surface area contributed by atoms with Gasteiger partial charge in [0.05, 0.1) is 0 Å². The zero-order valence-electron chi connectivity index (χ0n) is 26.5. The second-order valence-corrected chi connectivity index (χ2v) is 14.6. The summed E-state index contributed by atoms with van der Waals surface area (Å²) in [5.41, 5.74) is 8.55. The Bertz CT molecular complexity index is 2770. The number of hydrogen-bond acceptors (Lipinski definition) is 3. The van der Waals surface area contributed by atoms with Crippen molar-refractivity contribution < 1.29 is 0 Å². The third-order valence-electron chi connectivity index (χ3n) is 9.65. The molecule has 10 aromatic rings. The molecule has 0 saturated carbocycles. The van der Waals surface area contributed by atoms with Crippen LogP contribution in [0.1, 0.15) is 0 Å². The molecular formula is C46H29NS2. The molecule has 3 heteroatoms. The maximum Gasteiger partial charge on any atom is 0.0468 e. The van der Waals surface area contributed by atoms with Gasteiger partial charge in [0.1, 0.15) is 0 Å². The first kappa shape index (κ1) is 28.3. The predicted octanol–water partition coefficient (Wildman–Crippen LogP) is 14.4. The minimum atomic E-state index is 1.14. The average molecular weight is 660 g/mol. The molecule has 10 rings (SSSR count). The smallest absolute Gasteiger partial charge is 0.0468 e. The highest BCUT2D eigenvalue weighted by atomic mass is 32.1. The van der Waals surface area contributed by atoms with Crippen LogP contribution in [0.15, 0.2) is 176 Å². The van der Waals surface area contributed by atoms with Crippen LogP contribution in [0.2, 0.25) is 0 Å². The number of rotatable bonds is 5. The Labute approximate surface area is 292 Å². The first-order valence-electron chi connectivity index (χ1n) is 16.6. The molecule has 49 heavy (non-hydrogen) atoms. The Morgan fingerprint density at radius 1 is 0.327 bits per heavy atom. The maximum atomic E-state index is 2.47. The summed E-state index contributed by atoms with van der Waals surface area (Å²) in [6.07, 6.45) is 0. The molecule has 2 aromatic heterocycles. The van der Waals surface area contributed by atoms with Crippen molar-refractivity contribution in [3.8, 4) is 22.3 Å². The minimum Gasteiger partial charge on any atom is -0.310 e. The quantitative estimate of drug-likeness (QED) is 0.178. The fraction of sp³-hybridized carbons (Fsp3) is 0. The van der Waals surface area contributed by atoms with E-state index in [2.05, 4.69) is 181 Å². The molecule has 8 aromatic carbocycles. The van der Waals surface area contributed by atoms with E-state index in [1.165, 1.54) is 73.4 Å². The Kier molecular flexibility index (Phi) is 6.61. The monoisotopic (exact) mass is 659 g/mol. The molecule has 0 bridgehead atoms. The van der Waals surface area contributed by atoms with Crippen molar-refractivity contribution in [1.82, 2.24) is 0 Å². The number of para-hydroxylation sites is 2. The van der Waals surface area contributed by atoms with Crippen molar-refractivity contribution in [3.05, 3.63) is 176 Å². The highest BCUT2D eigenvalue weighted by Crippen LogP contribution is 2.49. The first-order valence-corrected chi connectivity index (χ1v) is 18.2. The molecule has 0 radical (unpaired) electrons. The van der Waals surface area contributed by atoms with E-state index in [9.17, 15) is 0 Å². The van der Waals surface area contributed by atoms with Crippen LogP contribution in [0.3, 0.4) is 0 Å². The predicted molar refractivity (Wildman–Crippen MR) is 215 cm³/mol. The van der Waals surface area contributed by atoms with Crippen molar-refractivity contribution >= 4 is 90.9 Å². The van der Waals surface area contributed by atoms with Crippen molar-refractivity contribution in [2.45, 2.75) is 0 Å². The van der Waals surface area contributed by atoms with Crippen LogP contribution >= 0.6 is 22.7 Å². The van der Waals surface area contributed by atoms with Gasteiger partial charge in [0, 0.05) is 68.4 Å². The van der Waals surface area contributed by atoms with Crippen LogP contribution in [-0.4, -0.2) is 0 Å². The van der Waals surface area contributed by atoms with Gasteiger partial charge in [-0.1, -0.05) is 121 Å². The van der Waals surface area contributed by atoms with Gasteiger partial charge in [0.2, 0.25) is 0 Å². The molecule has 0 saturated heterocycles. The van der Waals surface area contributed by atoms with Crippen LogP contribution in [0.25, 0.3) is 73.4 Å². The van der Waals surface area contributed by atoms with Crippen molar-refractivity contribution in [3.63, 3.8) is 0 Å². The molecule has 0 N–H and O–H groups in total. The normalized spacial score (nSPS) is 11.7. The van der Waals surface area contributed by atoms with E-state index >= 15 is 0 Å². The lowest BCUT2D eigenvalue weighted by atomic mass is 9.91. The molecule has 0 atom stereocenters. The lowest BCUT2D eigenvalue weighted by Crippen LogP contribution is -2.09. The summed E-state index contributed by atoms with van der Waals surface area (Å²) >= 11 is 3.81. The minimum absolute atomic E-state index is 1.14. The van der Waals surface area contributed by atoms with E-state index in [0.29, 0.717) is 0 Å². The number of anilines is 3. The largest absolute Gasteiger partial charge is 0.310 e. The summed E-state index contributed by atoms with van der Waals surface area (Å²) in [5.74, 6) is 0. The summed E-state index contributed by atoms with van der Waals surface area (Å²) in [5, 5.41) is 7.85. The Balaban J connectivity index is 1.25. The standard InChI is InChI=1S/C46H29NS2/c1-4-14-30(15-5-1)34-25-26-37(46-44(34)38-22-12-13-23-42(38)49-46)39-29-41-40-28-33(24-27-43(40)48-45(41)36-21-11-10-20-35(36)39)47(31-16-6-2-7-17-31)32-18-8-3-9-19-32/h1-29H. The van der Waals surface area contributed by atoms with E-state index < -0.39 is 0 Å². The van der Waals surface area contributed by atoms with Gasteiger partial charge in [-0.15, -0.1) is 22.7 Å². The zero-order chi connectivity index (χ0) is 32.3. The first-order chi connectivity index (χ1) is 24.3. The number of nitrogens with zero attached hydrogens (tertiary/aromatic N) is 1. The summed E-state index contributed by atoms with van der Waals surface area (Å²) in [4.78, 5) is 2.36. The molecule has 0 aliphatic heterocycles. The number of fused-ring (bicyclic) bond motifs is 8. The molecule has 0 amide bonds. The van der Waals surface area contributed by atoms with Crippen molar-refractivity contribution in [2.75, 3.05) is 4.90 Å². The van der Waals surface area contributed by atoms with Gasteiger partial charge in [0.15, 0.2) is 0 Å². The van der Waals surface area contributed by atoms with Crippen LogP contribution in [0, 0.1) is 0 Å². The van der Waals surface area contributed by atoms with E-state index in [0.717, 1.165) is 17.1 Å². The summed E-state index contributed by atoms with van der Waals surface area (Å²) in [6.45, 7) is 0. The third-order valence-corrected chi connectivity index (χ3v) is 12.1. The van der Waals surface area contributed by atoms with Gasteiger partial charge in [0.25, 0.3) is 0 Å². The topological polar surface area (TPSA) is 3.24 Å². The second kappa shape index (κ2) is 11.5. The van der Waals surface area contributed by atoms with Gasteiger partial charge in [-0.05, 0) is 76.7 Å². The number of benzene rings is 8. The van der Waals surface area contributed by atoms with E-state index in [-0.39, 0.29) is 0 Å². The average Bonchev–Trinajstić information content (AvgIpc) is 3.75. The Morgan fingerprint density at radius 3 is 1.63 bits per heavy atom. The highest BCUT2D eigenvalue weighted by Gasteiger charge is 2.20. The molecular weight excluding hydrogens is 631 g/mol. The number of hydrogen-bond donors (Lipinski definition) is 0. The Hall–Kier alpha value is -5.74. The van der Waals surface area contributed by atoms with Gasteiger partial charge < -0.3 is 4.90 Å². The molecule has 0 fully saturated rings. The van der Waals surface area contributed by atoms with Crippen molar-refractivity contribution in [2.24, 2.45) is 0 Å². The lowest BCUT2D eigenvalue weighted by Gasteiger charge is -2.25. The zero-order valence-corrected chi connectivity index (χ0v) is 28.1. The van der Waals surface area contributed by atoms with Gasteiger partial charge in [-0.25, -0.2) is 0 Å². The molecule has 0 unspecified atom stereocenters. The molecule has 0 spiro atoms. The Morgan fingerprint density at radius 2 is 0.898 bits per heavy atom. The fourth-order valence-corrected chi connectivity index (χ4v) is 9.91. The SMILES string of the molecule is c1ccc(-c2ccc(-c3cc4c5cc(N(c6ccccc6)c6ccccc6)ccc5sc4c4ccccc34)c3sc4ccccc4c23)cc1. The second-order valence-electron chi connectivity index (χ2n) is 12.5. The van der Waals surface area contributed by atoms with Gasteiger partial charge in [-0.2, -0.15) is 0 Å². The van der Waals surface area contributed by atoms with E-state index in [1.54, 1.807) is 0 Å². The lowest BCUT2D eigenvalue weighted by molar-refractivity contribution is 1.29. The highest BCUT2D eigenvalue weighted by molar-refractivity contribution is 7.27. The maximum absolute atomic E-state index is 2.47. The van der Waals surface area contributed by atoms with E-state index in [4.69, 9.17) is 0 Å².